The summed E-state index contributed by atoms with van der Waals surface area (Å²) in [6.07, 6.45) is 12.7. The van der Waals surface area contributed by atoms with Gasteiger partial charge in [0.05, 0.1) is 5.54 Å². The van der Waals surface area contributed by atoms with Crippen molar-refractivity contribution in [3.63, 3.8) is 0 Å². The van der Waals surface area contributed by atoms with Gasteiger partial charge in [0.2, 0.25) is 0 Å². The third kappa shape index (κ3) is 2.85. The van der Waals surface area contributed by atoms with Crippen LogP contribution in [0.5, 0.6) is 0 Å². The van der Waals surface area contributed by atoms with E-state index in [2.05, 4.69) is 0 Å². The Morgan fingerprint density at radius 1 is 1.00 bits per heavy atom. The van der Waals surface area contributed by atoms with Crippen molar-refractivity contribution in [1.82, 2.24) is 0 Å². The molecule has 2 aliphatic carbocycles. The first-order valence-corrected chi connectivity index (χ1v) is 7.03. The third-order valence-corrected chi connectivity index (χ3v) is 4.50. The molecule has 16 heavy (non-hydrogen) atoms. The first kappa shape index (κ1) is 12.1. The largest absolute Gasteiger partial charge is 0.319 e. The van der Waals surface area contributed by atoms with Crippen LogP contribution in [0.4, 0.5) is 0 Å². The summed E-state index contributed by atoms with van der Waals surface area (Å²) < 4.78 is 0. The van der Waals surface area contributed by atoms with Gasteiger partial charge >= 0.3 is 0 Å². The topological polar surface area (TPSA) is 43.1 Å². The number of carbonyl (C=O) groups excluding carboxylic acids is 1. The number of rotatable bonds is 3. The average molecular weight is 223 g/mol. The monoisotopic (exact) mass is 223 g/mol. The lowest BCUT2D eigenvalue weighted by Gasteiger charge is -2.33. The molecule has 2 heteroatoms. The maximum absolute atomic E-state index is 12.3. The highest BCUT2D eigenvalue weighted by Crippen LogP contribution is 2.32. The lowest BCUT2D eigenvalue weighted by atomic mass is 9.75. The summed E-state index contributed by atoms with van der Waals surface area (Å²) in [4.78, 5) is 12.3. The highest BCUT2D eigenvalue weighted by atomic mass is 16.1. The third-order valence-electron chi connectivity index (χ3n) is 4.50. The standard InChI is InChI=1S/C14H25NO/c15-14(9-5-2-6-10-14)13(16)11-12-7-3-1-4-8-12/h12H,1-11,15H2. The quantitative estimate of drug-likeness (QED) is 0.798. The maximum Gasteiger partial charge on any atom is 0.152 e. The molecule has 0 amide bonds. The van der Waals surface area contributed by atoms with Crippen molar-refractivity contribution in [3.05, 3.63) is 0 Å². The molecule has 2 rings (SSSR count). The van der Waals surface area contributed by atoms with Gasteiger partial charge in [-0.3, -0.25) is 4.79 Å². The lowest BCUT2D eigenvalue weighted by Crippen LogP contribution is -2.49. The van der Waals surface area contributed by atoms with Crippen LogP contribution in [0.25, 0.3) is 0 Å². The van der Waals surface area contributed by atoms with Crippen LogP contribution in [0, 0.1) is 5.92 Å². The summed E-state index contributed by atoms with van der Waals surface area (Å²) in [6.45, 7) is 0. The number of hydrogen-bond acceptors (Lipinski definition) is 2. The Labute approximate surface area is 99.0 Å². The molecule has 0 aliphatic heterocycles. The predicted octanol–water partition coefficient (Wildman–Crippen LogP) is 3.19. The Balaban J connectivity index is 1.85. The molecule has 0 atom stereocenters. The smallest absolute Gasteiger partial charge is 0.152 e. The maximum atomic E-state index is 12.3. The highest BCUT2D eigenvalue weighted by Gasteiger charge is 2.35. The zero-order chi connectivity index (χ0) is 11.4. The van der Waals surface area contributed by atoms with Crippen LogP contribution in [0.2, 0.25) is 0 Å². The molecular formula is C14H25NO. The fourth-order valence-corrected chi connectivity index (χ4v) is 3.32. The molecule has 0 radical (unpaired) electrons. The van der Waals surface area contributed by atoms with E-state index in [1.165, 1.54) is 38.5 Å². The van der Waals surface area contributed by atoms with Crippen molar-refractivity contribution in [2.24, 2.45) is 11.7 Å². The molecule has 92 valence electrons. The van der Waals surface area contributed by atoms with Crippen LogP contribution < -0.4 is 5.73 Å². The Kier molecular flexibility index (Phi) is 4.01. The van der Waals surface area contributed by atoms with E-state index in [0.29, 0.717) is 11.7 Å². The Bertz CT molecular complexity index is 237. The van der Waals surface area contributed by atoms with Gasteiger partial charge in [0.1, 0.15) is 0 Å². The van der Waals surface area contributed by atoms with Crippen molar-refractivity contribution >= 4 is 5.78 Å². The van der Waals surface area contributed by atoms with Gasteiger partial charge in [-0.25, -0.2) is 0 Å². The molecule has 2 aliphatic rings. The Morgan fingerprint density at radius 3 is 2.19 bits per heavy atom. The van der Waals surface area contributed by atoms with Crippen molar-refractivity contribution in [2.45, 2.75) is 76.2 Å². The summed E-state index contributed by atoms with van der Waals surface area (Å²) in [5.74, 6) is 1.00. The highest BCUT2D eigenvalue weighted by molar-refractivity contribution is 5.88. The number of hydrogen-bond donors (Lipinski definition) is 1. The van der Waals surface area contributed by atoms with Gasteiger partial charge in [-0.15, -0.1) is 0 Å². The minimum absolute atomic E-state index is 0.360. The number of carbonyl (C=O) groups is 1. The van der Waals surface area contributed by atoms with Crippen LogP contribution >= 0.6 is 0 Å². The molecule has 0 heterocycles. The van der Waals surface area contributed by atoms with Crippen LogP contribution in [0.15, 0.2) is 0 Å². The van der Waals surface area contributed by atoms with Crippen LogP contribution in [0.3, 0.4) is 0 Å². The first-order chi connectivity index (χ1) is 7.71. The zero-order valence-electron chi connectivity index (χ0n) is 10.3. The van der Waals surface area contributed by atoms with Gasteiger partial charge in [0.25, 0.3) is 0 Å². The van der Waals surface area contributed by atoms with E-state index in [9.17, 15) is 4.79 Å². The average Bonchev–Trinajstić information content (AvgIpc) is 2.31. The van der Waals surface area contributed by atoms with E-state index < -0.39 is 5.54 Å². The molecule has 2 N–H and O–H groups in total. The normalized spacial score (nSPS) is 26.6. The molecule has 0 unspecified atom stereocenters. The van der Waals surface area contributed by atoms with E-state index >= 15 is 0 Å². The molecule has 0 aromatic rings. The minimum Gasteiger partial charge on any atom is -0.319 e. The van der Waals surface area contributed by atoms with Crippen molar-refractivity contribution in [3.8, 4) is 0 Å². The number of nitrogens with two attached hydrogens (primary N) is 1. The van der Waals surface area contributed by atoms with Crippen LogP contribution in [0.1, 0.15) is 70.6 Å². The van der Waals surface area contributed by atoms with E-state index in [0.717, 1.165) is 32.1 Å². The van der Waals surface area contributed by atoms with Crippen LogP contribution in [-0.2, 0) is 4.79 Å². The van der Waals surface area contributed by atoms with Gasteiger partial charge in [0, 0.05) is 6.42 Å². The van der Waals surface area contributed by atoms with Gasteiger partial charge in [0.15, 0.2) is 5.78 Å². The molecule has 0 saturated heterocycles. The summed E-state index contributed by atoms with van der Waals surface area (Å²) in [5.41, 5.74) is 5.82. The zero-order valence-corrected chi connectivity index (χ0v) is 10.3. The summed E-state index contributed by atoms with van der Waals surface area (Å²) in [7, 11) is 0. The molecule has 0 bridgehead atoms. The summed E-state index contributed by atoms with van der Waals surface area (Å²) in [5, 5.41) is 0. The molecule has 0 spiro atoms. The Morgan fingerprint density at radius 2 is 1.56 bits per heavy atom. The van der Waals surface area contributed by atoms with E-state index in [4.69, 9.17) is 5.73 Å². The van der Waals surface area contributed by atoms with E-state index in [1.807, 2.05) is 0 Å². The molecule has 0 aromatic carbocycles. The predicted molar refractivity (Wildman–Crippen MR) is 66.2 cm³/mol. The van der Waals surface area contributed by atoms with Crippen molar-refractivity contribution < 1.29 is 4.79 Å². The van der Waals surface area contributed by atoms with Gasteiger partial charge < -0.3 is 5.73 Å². The second-order valence-corrected chi connectivity index (χ2v) is 5.85. The second kappa shape index (κ2) is 5.31. The molecule has 0 aromatic heterocycles. The fourth-order valence-electron chi connectivity index (χ4n) is 3.32. The number of ketones is 1. The minimum atomic E-state index is -0.449. The molecule has 2 fully saturated rings. The summed E-state index contributed by atoms with van der Waals surface area (Å²) >= 11 is 0. The lowest BCUT2D eigenvalue weighted by molar-refractivity contribution is -0.126. The van der Waals surface area contributed by atoms with Gasteiger partial charge in [-0.05, 0) is 18.8 Å². The van der Waals surface area contributed by atoms with Crippen molar-refractivity contribution in [1.29, 1.82) is 0 Å². The molecule has 2 nitrogen and oxygen atoms in total. The molecular weight excluding hydrogens is 198 g/mol. The summed E-state index contributed by atoms with van der Waals surface area (Å²) in [6, 6.07) is 0. The fraction of sp³-hybridized carbons (Fsp3) is 0.929. The van der Waals surface area contributed by atoms with Crippen LogP contribution in [-0.4, -0.2) is 11.3 Å². The van der Waals surface area contributed by atoms with Gasteiger partial charge in [-0.1, -0.05) is 51.4 Å². The number of Topliss-reactive ketones (excluding diaryl/α,β-unsaturated/α-hetero) is 1. The second-order valence-electron chi connectivity index (χ2n) is 5.85. The molecule has 2 saturated carbocycles. The van der Waals surface area contributed by atoms with E-state index in [-0.39, 0.29) is 0 Å². The van der Waals surface area contributed by atoms with E-state index in [1.54, 1.807) is 0 Å². The SMILES string of the molecule is NC1(C(=O)CC2CCCCC2)CCCCC1. The first-order valence-electron chi connectivity index (χ1n) is 7.03. The van der Waals surface area contributed by atoms with Gasteiger partial charge in [-0.2, -0.15) is 0 Å². The van der Waals surface area contributed by atoms with Crippen molar-refractivity contribution in [2.75, 3.05) is 0 Å². The Hall–Kier alpha value is -0.370.